The average Bonchev–Trinajstić information content (AvgIpc) is 2.48. The standard InChI is InChI=1S/C15H18N4O/c1-10-3-4-14(19-16)13(9-10)15(20)18-11(2)12-5-7-17-8-6-12/h3-9,11,19H,16H2,1-2H3,(H,18,20). The third-order valence-corrected chi connectivity index (χ3v) is 3.13. The van der Waals surface area contributed by atoms with Gasteiger partial charge in [0.2, 0.25) is 0 Å². The number of nitrogens with two attached hydrogens (primary N) is 1. The highest BCUT2D eigenvalue weighted by Gasteiger charge is 2.14. The first kappa shape index (κ1) is 14.0. The zero-order valence-electron chi connectivity index (χ0n) is 11.6. The Kier molecular flexibility index (Phi) is 4.32. The molecule has 0 saturated heterocycles. The molecule has 1 heterocycles. The van der Waals surface area contributed by atoms with E-state index >= 15 is 0 Å². The SMILES string of the molecule is Cc1ccc(NN)c(C(=O)NC(C)c2ccncc2)c1. The quantitative estimate of drug-likeness (QED) is 0.587. The minimum absolute atomic E-state index is 0.100. The van der Waals surface area contributed by atoms with Crippen LogP contribution in [0.25, 0.3) is 0 Å². The Balaban J connectivity index is 2.18. The van der Waals surface area contributed by atoms with Gasteiger partial charge in [-0.3, -0.25) is 15.6 Å². The van der Waals surface area contributed by atoms with E-state index in [2.05, 4.69) is 15.7 Å². The average molecular weight is 270 g/mol. The summed E-state index contributed by atoms with van der Waals surface area (Å²) in [6.45, 7) is 3.86. The molecule has 5 heteroatoms. The molecule has 0 spiro atoms. The number of amides is 1. The van der Waals surface area contributed by atoms with Crippen LogP contribution in [0.2, 0.25) is 0 Å². The predicted molar refractivity (Wildman–Crippen MR) is 79.1 cm³/mol. The fourth-order valence-electron chi connectivity index (χ4n) is 1.98. The molecule has 0 radical (unpaired) electrons. The van der Waals surface area contributed by atoms with E-state index < -0.39 is 0 Å². The number of nitrogens with one attached hydrogen (secondary N) is 2. The molecule has 0 aliphatic rings. The number of pyridine rings is 1. The first-order valence-electron chi connectivity index (χ1n) is 6.40. The molecule has 1 unspecified atom stereocenters. The number of nitrogen functional groups attached to an aromatic ring is 1. The lowest BCUT2D eigenvalue weighted by Gasteiger charge is -2.16. The molecule has 1 atom stereocenters. The molecule has 104 valence electrons. The van der Waals surface area contributed by atoms with Gasteiger partial charge in [0.1, 0.15) is 0 Å². The van der Waals surface area contributed by atoms with Gasteiger partial charge in [0.25, 0.3) is 5.91 Å². The fourth-order valence-corrected chi connectivity index (χ4v) is 1.98. The Morgan fingerprint density at radius 2 is 1.95 bits per heavy atom. The van der Waals surface area contributed by atoms with Crippen molar-refractivity contribution in [2.45, 2.75) is 19.9 Å². The first-order valence-corrected chi connectivity index (χ1v) is 6.40. The zero-order valence-corrected chi connectivity index (χ0v) is 11.6. The lowest BCUT2D eigenvalue weighted by Crippen LogP contribution is -2.28. The number of hydrogen-bond acceptors (Lipinski definition) is 4. The summed E-state index contributed by atoms with van der Waals surface area (Å²) in [5.74, 6) is 5.28. The lowest BCUT2D eigenvalue weighted by atomic mass is 10.1. The maximum Gasteiger partial charge on any atom is 0.253 e. The van der Waals surface area contributed by atoms with Gasteiger partial charge in [0.15, 0.2) is 0 Å². The summed E-state index contributed by atoms with van der Waals surface area (Å²) in [5, 5.41) is 2.95. The highest BCUT2D eigenvalue weighted by atomic mass is 16.1. The van der Waals surface area contributed by atoms with Crippen molar-refractivity contribution in [1.82, 2.24) is 10.3 Å². The summed E-state index contributed by atoms with van der Waals surface area (Å²) in [4.78, 5) is 16.3. The largest absolute Gasteiger partial charge is 0.345 e. The van der Waals surface area contributed by atoms with Crippen LogP contribution in [0.5, 0.6) is 0 Å². The summed E-state index contributed by atoms with van der Waals surface area (Å²) < 4.78 is 0. The normalized spacial score (nSPS) is 11.8. The van der Waals surface area contributed by atoms with Gasteiger partial charge in [0.05, 0.1) is 17.3 Å². The number of rotatable bonds is 4. The molecule has 20 heavy (non-hydrogen) atoms. The van der Waals surface area contributed by atoms with Crippen molar-refractivity contribution in [3.8, 4) is 0 Å². The van der Waals surface area contributed by atoms with Crippen molar-refractivity contribution in [3.63, 3.8) is 0 Å². The van der Waals surface area contributed by atoms with E-state index in [1.807, 2.05) is 38.1 Å². The number of carbonyl (C=O) groups is 1. The summed E-state index contributed by atoms with van der Waals surface area (Å²) in [6, 6.07) is 9.16. The third-order valence-electron chi connectivity index (χ3n) is 3.13. The van der Waals surface area contributed by atoms with Crippen LogP contribution in [-0.4, -0.2) is 10.9 Å². The third kappa shape index (κ3) is 3.13. The second kappa shape index (κ2) is 6.16. The zero-order chi connectivity index (χ0) is 14.5. The van der Waals surface area contributed by atoms with Crippen LogP contribution in [0.15, 0.2) is 42.7 Å². The number of nitrogens with zero attached hydrogens (tertiary/aromatic N) is 1. The van der Waals surface area contributed by atoms with Crippen molar-refractivity contribution in [1.29, 1.82) is 0 Å². The van der Waals surface area contributed by atoms with Gasteiger partial charge in [0, 0.05) is 12.4 Å². The molecule has 5 nitrogen and oxygen atoms in total. The molecule has 0 saturated carbocycles. The Bertz CT molecular complexity index is 598. The molecule has 4 N–H and O–H groups in total. The Morgan fingerprint density at radius 1 is 1.25 bits per heavy atom. The monoisotopic (exact) mass is 270 g/mol. The highest BCUT2D eigenvalue weighted by Crippen LogP contribution is 2.18. The van der Waals surface area contributed by atoms with Gasteiger partial charge in [-0.05, 0) is 43.7 Å². The van der Waals surface area contributed by atoms with Crippen molar-refractivity contribution in [3.05, 3.63) is 59.4 Å². The van der Waals surface area contributed by atoms with E-state index in [4.69, 9.17) is 5.84 Å². The molecular weight excluding hydrogens is 252 g/mol. The summed E-state index contributed by atoms with van der Waals surface area (Å²) in [7, 11) is 0. The van der Waals surface area contributed by atoms with Crippen LogP contribution in [0.1, 0.15) is 34.5 Å². The van der Waals surface area contributed by atoms with Gasteiger partial charge < -0.3 is 10.7 Å². The van der Waals surface area contributed by atoms with Gasteiger partial charge >= 0.3 is 0 Å². The summed E-state index contributed by atoms with van der Waals surface area (Å²) in [5.41, 5.74) is 5.70. The van der Waals surface area contributed by atoms with E-state index in [0.29, 0.717) is 11.3 Å². The predicted octanol–water partition coefficient (Wildman–Crippen LogP) is 2.17. The maximum absolute atomic E-state index is 12.3. The fraction of sp³-hybridized carbons (Fsp3) is 0.200. The van der Waals surface area contributed by atoms with E-state index in [9.17, 15) is 4.79 Å². The lowest BCUT2D eigenvalue weighted by molar-refractivity contribution is 0.0940. The number of carbonyl (C=O) groups excluding carboxylic acids is 1. The second-order valence-electron chi connectivity index (χ2n) is 4.67. The minimum atomic E-state index is -0.161. The van der Waals surface area contributed by atoms with Crippen LogP contribution in [0.4, 0.5) is 5.69 Å². The van der Waals surface area contributed by atoms with Crippen molar-refractivity contribution in [2.75, 3.05) is 5.43 Å². The number of hydrogen-bond donors (Lipinski definition) is 3. The van der Waals surface area contributed by atoms with E-state index in [1.54, 1.807) is 18.5 Å². The maximum atomic E-state index is 12.3. The van der Waals surface area contributed by atoms with Crippen LogP contribution >= 0.6 is 0 Å². The molecule has 0 aliphatic carbocycles. The van der Waals surface area contributed by atoms with Gasteiger partial charge in [-0.15, -0.1) is 0 Å². The molecule has 2 aromatic rings. The molecule has 0 fully saturated rings. The number of benzene rings is 1. The first-order chi connectivity index (χ1) is 9.61. The van der Waals surface area contributed by atoms with E-state index in [-0.39, 0.29) is 11.9 Å². The van der Waals surface area contributed by atoms with Crippen LogP contribution in [0.3, 0.4) is 0 Å². The molecular formula is C15H18N4O. The van der Waals surface area contributed by atoms with E-state index in [0.717, 1.165) is 11.1 Å². The molecule has 0 bridgehead atoms. The topological polar surface area (TPSA) is 80.0 Å². The Labute approximate surface area is 118 Å². The van der Waals surface area contributed by atoms with Gasteiger partial charge in [-0.2, -0.15) is 0 Å². The minimum Gasteiger partial charge on any atom is -0.345 e. The number of aromatic nitrogens is 1. The van der Waals surface area contributed by atoms with E-state index in [1.165, 1.54) is 0 Å². The number of aryl methyl sites for hydroxylation is 1. The molecule has 1 aromatic carbocycles. The van der Waals surface area contributed by atoms with Crippen molar-refractivity contribution >= 4 is 11.6 Å². The molecule has 2 rings (SSSR count). The van der Waals surface area contributed by atoms with Crippen LogP contribution in [0, 0.1) is 6.92 Å². The molecule has 0 aliphatic heterocycles. The summed E-state index contributed by atoms with van der Waals surface area (Å²) >= 11 is 0. The van der Waals surface area contributed by atoms with Crippen LogP contribution in [-0.2, 0) is 0 Å². The second-order valence-corrected chi connectivity index (χ2v) is 4.67. The van der Waals surface area contributed by atoms with Gasteiger partial charge in [-0.1, -0.05) is 11.6 Å². The van der Waals surface area contributed by atoms with Crippen molar-refractivity contribution in [2.24, 2.45) is 5.84 Å². The Morgan fingerprint density at radius 3 is 2.60 bits per heavy atom. The smallest absolute Gasteiger partial charge is 0.253 e. The van der Waals surface area contributed by atoms with Gasteiger partial charge in [-0.25, -0.2) is 0 Å². The molecule has 1 amide bonds. The Hall–Kier alpha value is -2.40. The number of hydrazine groups is 1. The molecule has 1 aromatic heterocycles. The highest BCUT2D eigenvalue weighted by molar-refractivity contribution is 5.99. The van der Waals surface area contributed by atoms with Crippen molar-refractivity contribution < 1.29 is 4.79 Å². The van der Waals surface area contributed by atoms with Crippen LogP contribution < -0.4 is 16.6 Å². The number of anilines is 1. The summed E-state index contributed by atoms with van der Waals surface area (Å²) in [6.07, 6.45) is 3.41.